The summed E-state index contributed by atoms with van der Waals surface area (Å²) < 4.78 is 1.63. The molecule has 0 radical (unpaired) electrons. The summed E-state index contributed by atoms with van der Waals surface area (Å²) in [5, 5.41) is 8.99. The van der Waals surface area contributed by atoms with Crippen LogP contribution >= 0.6 is 0 Å². The van der Waals surface area contributed by atoms with Crippen LogP contribution in [0.4, 0.5) is 5.82 Å². The summed E-state index contributed by atoms with van der Waals surface area (Å²) in [5.41, 5.74) is -0.166. The van der Waals surface area contributed by atoms with Crippen molar-refractivity contribution in [2.24, 2.45) is 11.8 Å². The summed E-state index contributed by atoms with van der Waals surface area (Å²) >= 11 is 0. The van der Waals surface area contributed by atoms with E-state index in [-0.39, 0.29) is 12.1 Å². The van der Waals surface area contributed by atoms with Gasteiger partial charge in [-0.15, -0.1) is 0 Å². The highest BCUT2D eigenvalue weighted by Gasteiger charge is 2.19. The van der Waals surface area contributed by atoms with Crippen molar-refractivity contribution in [1.82, 2.24) is 9.55 Å². The van der Waals surface area contributed by atoms with E-state index < -0.39 is 11.9 Å². The number of aliphatic carboxylic acids is 1. The Hall–Kier alpha value is -1.85. The molecule has 6 nitrogen and oxygen atoms in total. The highest BCUT2D eigenvalue weighted by Crippen LogP contribution is 2.08. The van der Waals surface area contributed by atoms with E-state index in [0.29, 0.717) is 24.8 Å². The Morgan fingerprint density at radius 3 is 2.60 bits per heavy atom. The Bertz CT molecular complexity index is 511. The molecule has 0 spiro atoms. The van der Waals surface area contributed by atoms with Gasteiger partial charge in [-0.3, -0.25) is 9.59 Å². The van der Waals surface area contributed by atoms with Crippen molar-refractivity contribution in [2.75, 3.05) is 18.0 Å². The van der Waals surface area contributed by atoms with E-state index in [1.807, 2.05) is 20.8 Å². The van der Waals surface area contributed by atoms with Gasteiger partial charge in [-0.25, -0.2) is 4.98 Å². The first kappa shape index (κ1) is 16.2. The summed E-state index contributed by atoms with van der Waals surface area (Å²) in [6.45, 7) is 9.04. The summed E-state index contributed by atoms with van der Waals surface area (Å²) in [4.78, 5) is 29.2. The predicted molar refractivity (Wildman–Crippen MR) is 78.0 cm³/mol. The average molecular weight is 281 g/mol. The number of carbonyl (C=O) groups is 1. The average Bonchev–Trinajstić information content (AvgIpc) is 2.38. The number of rotatable bonds is 7. The fourth-order valence-corrected chi connectivity index (χ4v) is 1.96. The topological polar surface area (TPSA) is 75.4 Å². The normalized spacial score (nSPS) is 12.4. The SMILES string of the molecule is CCN(CC(C)C(=O)O)c1nccn(CC(C)C)c1=O. The van der Waals surface area contributed by atoms with Crippen LogP contribution in [-0.4, -0.2) is 33.7 Å². The maximum atomic E-state index is 12.4. The van der Waals surface area contributed by atoms with Gasteiger partial charge in [-0.05, 0) is 12.8 Å². The van der Waals surface area contributed by atoms with Crippen molar-refractivity contribution in [3.63, 3.8) is 0 Å². The van der Waals surface area contributed by atoms with Crippen LogP contribution in [0.2, 0.25) is 0 Å². The number of carboxylic acids is 1. The molecule has 0 amide bonds. The minimum absolute atomic E-state index is 0.166. The van der Waals surface area contributed by atoms with Crippen molar-refractivity contribution in [3.8, 4) is 0 Å². The minimum Gasteiger partial charge on any atom is -0.481 e. The van der Waals surface area contributed by atoms with Crippen LogP contribution in [-0.2, 0) is 11.3 Å². The van der Waals surface area contributed by atoms with E-state index in [9.17, 15) is 9.59 Å². The molecule has 1 rings (SSSR count). The molecule has 6 heteroatoms. The third-order valence-electron chi connectivity index (χ3n) is 3.05. The lowest BCUT2D eigenvalue weighted by Gasteiger charge is -2.23. The number of hydrogen-bond acceptors (Lipinski definition) is 4. The molecule has 112 valence electrons. The molecule has 1 N–H and O–H groups in total. The maximum Gasteiger partial charge on any atom is 0.308 e. The van der Waals surface area contributed by atoms with Crippen LogP contribution in [0.3, 0.4) is 0 Å². The van der Waals surface area contributed by atoms with Gasteiger partial charge in [0.05, 0.1) is 5.92 Å². The Labute approximate surface area is 119 Å². The smallest absolute Gasteiger partial charge is 0.308 e. The second-order valence-corrected chi connectivity index (χ2v) is 5.38. The highest BCUT2D eigenvalue weighted by atomic mass is 16.4. The molecule has 0 aliphatic rings. The molecule has 1 aromatic heterocycles. The molecule has 20 heavy (non-hydrogen) atoms. The van der Waals surface area contributed by atoms with Crippen LogP contribution in [0.5, 0.6) is 0 Å². The van der Waals surface area contributed by atoms with Crippen LogP contribution in [0, 0.1) is 11.8 Å². The van der Waals surface area contributed by atoms with Crippen LogP contribution in [0.25, 0.3) is 0 Å². The summed E-state index contributed by atoms with van der Waals surface area (Å²) in [6, 6.07) is 0. The van der Waals surface area contributed by atoms with E-state index in [0.717, 1.165) is 0 Å². The number of aromatic nitrogens is 2. The van der Waals surface area contributed by atoms with Crippen LogP contribution in [0.1, 0.15) is 27.7 Å². The first-order chi connectivity index (χ1) is 9.36. The fourth-order valence-electron chi connectivity index (χ4n) is 1.96. The molecule has 0 aromatic carbocycles. The lowest BCUT2D eigenvalue weighted by Crippen LogP contribution is -2.38. The van der Waals surface area contributed by atoms with Crippen molar-refractivity contribution in [2.45, 2.75) is 34.2 Å². The third kappa shape index (κ3) is 4.08. The molecular weight excluding hydrogens is 258 g/mol. The number of anilines is 1. The molecule has 0 aliphatic carbocycles. The van der Waals surface area contributed by atoms with E-state index in [1.165, 1.54) is 0 Å². The van der Waals surface area contributed by atoms with Crippen molar-refractivity contribution in [1.29, 1.82) is 0 Å². The number of carboxylic acid groups (broad SMARTS) is 1. The monoisotopic (exact) mass is 281 g/mol. The largest absolute Gasteiger partial charge is 0.481 e. The zero-order valence-electron chi connectivity index (χ0n) is 12.5. The van der Waals surface area contributed by atoms with Crippen LogP contribution in [0.15, 0.2) is 17.2 Å². The molecule has 0 aliphatic heterocycles. The lowest BCUT2D eigenvalue weighted by atomic mass is 10.1. The van der Waals surface area contributed by atoms with Gasteiger partial charge in [-0.2, -0.15) is 0 Å². The molecule has 0 fully saturated rings. The summed E-state index contributed by atoms with van der Waals surface area (Å²) in [5.74, 6) is -0.739. The van der Waals surface area contributed by atoms with Gasteiger partial charge in [0.25, 0.3) is 5.56 Å². The van der Waals surface area contributed by atoms with Crippen LogP contribution < -0.4 is 10.5 Å². The Balaban J connectivity index is 3.04. The first-order valence-electron chi connectivity index (χ1n) is 6.90. The van der Waals surface area contributed by atoms with Crippen molar-refractivity contribution in [3.05, 3.63) is 22.7 Å². The quantitative estimate of drug-likeness (QED) is 0.818. The fraction of sp³-hybridized carbons (Fsp3) is 0.643. The lowest BCUT2D eigenvalue weighted by molar-refractivity contribution is -0.140. The van der Waals surface area contributed by atoms with Crippen molar-refractivity contribution < 1.29 is 9.90 Å². The number of nitrogens with zero attached hydrogens (tertiary/aromatic N) is 3. The second-order valence-electron chi connectivity index (χ2n) is 5.38. The molecule has 0 saturated heterocycles. The van der Waals surface area contributed by atoms with E-state index in [4.69, 9.17) is 5.11 Å². The third-order valence-corrected chi connectivity index (χ3v) is 3.05. The van der Waals surface area contributed by atoms with Gasteiger partial charge >= 0.3 is 5.97 Å². The molecule has 1 aromatic rings. The molecule has 1 heterocycles. The maximum absolute atomic E-state index is 12.4. The van der Waals surface area contributed by atoms with Gasteiger partial charge in [0.1, 0.15) is 0 Å². The van der Waals surface area contributed by atoms with Crippen molar-refractivity contribution >= 4 is 11.8 Å². The standard InChI is InChI=1S/C14H23N3O3/c1-5-16(9-11(4)14(19)20)12-13(18)17(7-6-15-12)8-10(2)3/h6-7,10-11H,5,8-9H2,1-4H3,(H,19,20). The molecular formula is C14H23N3O3. The zero-order valence-corrected chi connectivity index (χ0v) is 12.5. The highest BCUT2D eigenvalue weighted by molar-refractivity contribution is 5.70. The minimum atomic E-state index is -0.873. The van der Waals surface area contributed by atoms with E-state index in [2.05, 4.69) is 4.98 Å². The van der Waals surface area contributed by atoms with Gasteiger partial charge in [0, 0.05) is 32.0 Å². The Kier molecular flexibility index (Phi) is 5.73. The van der Waals surface area contributed by atoms with E-state index >= 15 is 0 Å². The second kappa shape index (κ2) is 7.07. The predicted octanol–water partition coefficient (Wildman–Crippen LogP) is 1.45. The molecule has 0 bridgehead atoms. The van der Waals surface area contributed by atoms with E-state index in [1.54, 1.807) is 28.8 Å². The molecule has 0 saturated carbocycles. The first-order valence-corrected chi connectivity index (χ1v) is 6.90. The van der Waals surface area contributed by atoms with Gasteiger partial charge < -0.3 is 14.6 Å². The number of hydrogen-bond donors (Lipinski definition) is 1. The molecule has 1 unspecified atom stereocenters. The Morgan fingerprint density at radius 2 is 2.10 bits per heavy atom. The summed E-state index contributed by atoms with van der Waals surface area (Å²) in [7, 11) is 0. The Morgan fingerprint density at radius 1 is 1.45 bits per heavy atom. The molecule has 1 atom stereocenters. The summed E-state index contributed by atoms with van der Waals surface area (Å²) in [6.07, 6.45) is 3.26. The van der Waals surface area contributed by atoms with Gasteiger partial charge in [-0.1, -0.05) is 20.8 Å². The van der Waals surface area contributed by atoms with Gasteiger partial charge in [0.2, 0.25) is 0 Å². The zero-order chi connectivity index (χ0) is 15.3. The van der Waals surface area contributed by atoms with Gasteiger partial charge in [0.15, 0.2) is 5.82 Å².